The maximum absolute atomic E-state index is 12.2. The number of carboxylic acids is 1. The molecule has 0 aromatic heterocycles. The monoisotopic (exact) mass is 370 g/mol. The average Bonchev–Trinajstić information content (AvgIpc) is 2.65. The van der Waals surface area contributed by atoms with Crippen LogP contribution in [0.25, 0.3) is 4.95 Å². The summed E-state index contributed by atoms with van der Waals surface area (Å²) in [5.41, 5.74) is 3.11. The lowest BCUT2D eigenvalue weighted by Crippen LogP contribution is -2.42. The fourth-order valence-electron chi connectivity index (χ4n) is 1.90. The first-order valence-electron chi connectivity index (χ1n) is 7.61. The number of amides is 2. The summed E-state index contributed by atoms with van der Waals surface area (Å²) in [6.45, 7) is 6.39. The quantitative estimate of drug-likeness (QED) is 0.149. The molecule has 0 spiro atoms. The molecule has 1 atom stereocenters. The van der Waals surface area contributed by atoms with Crippen LogP contribution in [0.3, 0.4) is 0 Å². The zero-order valence-electron chi connectivity index (χ0n) is 14.4. The van der Waals surface area contributed by atoms with Gasteiger partial charge in [0.25, 0.3) is 11.9 Å². The van der Waals surface area contributed by atoms with E-state index in [9.17, 15) is 14.4 Å². The molecule has 0 heterocycles. The lowest BCUT2D eigenvalue weighted by molar-refractivity contribution is -0.137. The predicted molar refractivity (Wildman–Crippen MR) is 98.5 cm³/mol. The topological polar surface area (TPSA) is 136 Å². The Labute approximate surface area is 155 Å². The minimum atomic E-state index is -1.14. The molecule has 27 heavy (non-hydrogen) atoms. The smallest absolute Gasteiger partial charge is 0.306 e. The van der Waals surface area contributed by atoms with Gasteiger partial charge in [-0.3, -0.25) is 19.4 Å². The van der Waals surface area contributed by atoms with E-state index in [1.807, 2.05) is 0 Å². The molecule has 1 aromatic rings. The van der Waals surface area contributed by atoms with Crippen LogP contribution in [0.2, 0.25) is 0 Å². The predicted octanol–water partition coefficient (Wildman–Crippen LogP) is -0.169. The Bertz CT molecular complexity index is 821. The van der Waals surface area contributed by atoms with Gasteiger partial charge in [-0.1, -0.05) is 17.4 Å². The van der Waals surface area contributed by atoms with Crippen LogP contribution in [0.4, 0.5) is 5.69 Å². The van der Waals surface area contributed by atoms with Crippen molar-refractivity contribution >= 4 is 29.4 Å². The number of aliphatic imine (C=N–C) groups is 1. The summed E-state index contributed by atoms with van der Waals surface area (Å²) in [5.74, 6) is 0.0938. The first-order chi connectivity index (χ1) is 12.9. The van der Waals surface area contributed by atoms with E-state index in [1.165, 1.54) is 19.2 Å². The number of aliphatic carboxylic acids is 1. The second kappa shape index (κ2) is 10.7. The highest BCUT2D eigenvalue weighted by atomic mass is 16.4. The van der Waals surface area contributed by atoms with Crippen molar-refractivity contribution in [1.82, 2.24) is 16.1 Å². The summed E-state index contributed by atoms with van der Waals surface area (Å²) in [7, 11) is 1.49. The number of nitrogens with one attached hydrogen (secondary N) is 4. The van der Waals surface area contributed by atoms with Gasteiger partial charge in [0.2, 0.25) is 5.91 Å². The molecule has 0 saturated carbocycles. The van der Waals surface area contributed by atoms with E-state index in [0.29, 0.717) is 5.69 Å². The molecule has 10 heteroatoms. The summed E-state index contributed by atoms with van der Waals surface area (Å²) in [4.78, 5) is 41.4. The van der Waals surface area contributed by atoms with Crippen LogP contribution in [0, 0.1) is 18.9 Å². The summed E-state index contributed by atoms with van der Waals surface area (Å²) in [5, 5.41) is 16.3. The van der Waals surface area contributed by atoms with Crippen LogP contribution in [-0.2, 0) is 9.59 Å². The van der Waals surface area contributed by atoms with Crippen LogP contribution in [0.15, 0.2) is 29.3 Å². The van der Waals surface area contributed by atoms with E-state index >= 15 is 0 Å². The van der Waals surface area contributed by atoms with Gasteiger partial charge in [-0.2, -0.15) is 11.5 Å². The lowest BCUT2D eigenvalue weighted by Gasteiger charge is -2.12. The van der Waals surface area contributed by atoms with Crippen LogP contribution >= 0.6 is 0 Å². The van der Waals surface area contributed by atoms with Crippen molar-refractivity contribution in [3.63, 3.8) is 0 Å². The van der Waals surface area contributed by atoms with Gasteiger partial charge >= 0.3 is 5.97 Å². The first-order valence-corrected chi connectivity index (χ1v) is 7.61. The molecule has 0 fully saturated rings. The molecule has 0 bridgehead atoms. The molecular formula is C17H18N6O4. The van der Waals surface area contributed by atoms with Crippen molar-refractivity contribution in [2.45, 2.75) is 12.5 Å². The van der Waals surface area contributed by atoms with Crippen LogP contribution in [-0.4, -0.2) is 48.5 Å². The van der Waals surface area contributed by atoms with E-state index in [1.54, 1.807) is 12.1 Å². The number of guanidine groups is 1. The second-order valence-electron chi connectivity index (χ2n) is 5.07. The molecule has 0 aliphatic heterocycles. The van der Waals surface area contributed by atoms with Crippen LogP contribution < -0.4 is 21.4 Å². The molecule has 10 nitrogen and oxygen atoms in total. The SMILES string of the molecule is [C-]#[N+]NC(=NC)Nc1cccc(C(=O)NCC(=O)N[C@H](C#C)CC(=O)O)c1. The molecule has 1 aromatic carbocycles. The molecule has 2 amide bonds. The molecule has 0 radical (unpaired) electrons. The molecule has 5 N–H and O–H groups in total. The molecule has 140 valence electrons. The van der Waals surface area contributed by atoms with Gasteiger partial charge in [0.05, 0.1) is 13.0 Å². The van der Waals surface area contributed by atoms with Crippen molar-refractivity contribution in [1.29, 1.82) is 0 Å². The van der Waals surface area contributed by atoms with Crippen molar-refractivity contribution in [2.24, 2.45) is 4.99 Å². The van der Waals surface area contributed by atoms with E-state index < -0.39 is 30.2 Å². The fraction of sp³-hybridized carbons (Fsp3) is 0.235. The normalized spacial score (nSPS) is 11.3. The highest BCUT2D eigenvalue weighted by Gasteiger charge is 2.14. The molecule has 0 saturated heterocycles. The third-order valence-corrected chi connectivity index (χ3v) is 3.10. The number of carbonyl (C=O) groups is 3. The summed E-state index contributed by atoms with van der Waals surface area (Å²) < 4.78 is 0. The van der Waals surface area contributed by atoms with Gasteiger partial charge in [0, 0.05) is 18.3 Å². The van der Waals surface area contributed by atoms with Crippen molar-refractivity contribution < 1.29 is 19.5 Å². The number of terminal acetylenes is 1. The first kappa shape index (κ1) is 21.0. The van der Waals surface area contributed by atoms with E-state index in [4.69, 9.17) is 18.1 Å². The van der Waals surface area contributed by atoms with E-state index in [-0.39, 0.29) is 18.1 Å². The Morgan fingerprint density at radius 3 is 2.74 bits per heavy atom. The van der Waals surface area contributed by atoms with Crippen LogP contribution in [0.1, 0.15) is 16.8 Å². The standard InChI is InChI=1S/C17H18N6O4/c1-4-12(9-15(25)26)21-14(24)10-20-16(27)11-6-5-7-13(8-11)22-17(18-2)23-19-3/h1,5-8,12H,9-10H2,2H3,(H,20,27)(H,21,24)(H,25,26)(H2,18,22,23)/t12-/m1/s1. The number of hydrogen-bond acceptors (Lipinski definition) is 4. The Morgan fingerprint density at radius 2 is 2.15 bits per heavy atom. The van der Waals surface area contributed by atoms with Gasteiger partial charge in [0.1, 0.15) is 6.04 Å². The number of carbonyl (C=O) groups excluding carboxylic acids is 2. The number of rotatable bonds is 7. The number of anilines is 1. The van der Waals surface area contributed by atoms with Crippen molar-refractivity contribution in [2.75, 3.05) is 18.9 Å². The minimum absolute atomic E-state index is 0.209. The van der Waals surface area contributed by atoms with Crippen molar-refractivity contribution in [3.05, 3.63) is 41.4 Å². The number of hydrogen-bond donors (Lipinski definition) is 5. The van der Waals surface area contributed by atoms with Crippen molar-refractivity contribution in [3.8, 4) is 12.3 Å². The molecule has 1 rings (SSSR count). The zero-order chi connectivity index (χ0) is 20.2. The summed E-state index contributed by atoms with van der Waals surface area (Å²) in [6.07, 6.45) is 4.74. The second-order valence-corrected chi connectivity index (χ2v) is 5.07. The Balaban J connectivity index is 2.64. The molecule has 0 unspecified atom stereocenters. The Hall–Kier alpha value is -4.05. The highest BCUT2D eigenvalue weighted by molar-refractivity contribution is 5.99. The number of benzene rings is 1. The minimum Gasteiger partial charge on any atom is -0.481 e. The van der Waals surface area contributed by atoms with Gasteiger partial charge in [0.15, 0.2) is 0 Å². The highest BCUT2D eigenvalue weighted by Crippen LogP contribution is 2.10. The van der Waals surface area contributed by atoms with Gasteiger partial charge in [-0.05, 0) is 18.2 Å². The fourth-order valence-corrected chi connectivity index (χ4v) is 1.90. The summed E-state index contributed by atoms with van der Waals surface area (Å²) >= 11 is 0. The third kappa shape index (κ3) is 7.58. The van der Waals surface area contributed by atoms with E-state index in [0.717, 1.165) is 0 Å². The largest absolute Gasteiger partial charge is 0.481 e. The lowest BCUT2D eigenvalue weighted by atomic mass is 10.2. The summed E-state index contributed by atoms with van der Waals surface area (Å²) in [6, 6.07) is 5.38. The maximum atomic E-state index is 12.2. The maximum Gasteiger partial charge on any atom is 0.306 e. The zero-order valence-corrected chi connectivity index (χ0v) is 14.4. The number of nitrogens with zero attached hydrogens (tertiary/aromatic N) is 2. The molecule has 0 aliphatic carbocycles. The van der Waals surface area contributed by atoms with Crippen LogP contribution in [0.5, 0.6) is 0 Å². The number of carboxylic acid groups (broad SMARTS) is 1. The third-order valence-electron chi connectivity index (χ3n) is 3.10. The van der Waals surface area contributed by atoms with Gasteiger partial charge in [-0.25, -0.2) is 0 Å². The average molecular weight is 370 g/mol. The van der Waals surface area contributed by atoms with Gasteiger partial charge in [-0.15, -0.1) is 6.42 Å². The molecule has 0 aliphatic rings. The van der Waals surface area contributed by atoms with Gasteiger partial charge < -0.3 is 21.1 Å². The Morgan fingerprint density at radius 1 is 1.41 bits per heavy atom. The van der Waals surface area contributed by atoms with E-state index in [2.05, 4.69) is 37.2 Å². The molecular weight excluding hydrogens is 352 g/mol. The Kier molecular flexibility index (Phi) is 8.35.